The summed E-state index contributed by atoms with van der Waals surface area (Å²) in [6.07, 6.45) is 1.80. The van der Waals surface area contributed by atoms with Crippen LogP contribution in [0.25, 0.3) is 6.08 Å². The lowest BCUT2D eigenvalue weighted by Gasteiger charge is -2.24. The average Bonchev–Trinajstić information content (AvgIpc) is 3.17. The molecule has 0 unspecified atom stereocenters. The SMILES string of the molecule is CCOC(=O)C1=C(C)N=c2s/c(=C/c3cc(I)c(OCC(=O)OC)c(I)c3)c(=O)n2[C@H]1c1ccc(C)cc1. The fourth-order valence-corrected chi connectivity index (χ4v) is 7.17. The zero-order valence-electron chi connectivity index (χ0n) is 21.0. The van der Waals surface area contributed by atoms with Crippen LogP contribution in [0, 0.1) is 14.1 Å². The number of thiazole rings is 1. The maximum Gasteiger partial charge on any atom is 0.343 e. The minimum atomic E-state index is -0.651. The molecule has 11 heteroatoms. The molecule has 0 fully saturated rings. The normalized spacial score (nSPS) is 15.1. The molecule has 1 aromatic heterocycles. The molecule has 0 spiro atoms. The van der Waals surface area contributed by atoms with E-state index in [0.29, 0.717) is 26.4 Å². The molecule has 0 radical (unpaired) electrons. The van der Waals surface area contributed by atoms with Crippen molar-refractivity contribution in [2.45, 2.75) is 26.8 Å². The van der Waals surface area contributed by atoms with Gasteiger partial charge in [-0.05, 0) is 95.3 Å². The lowest BCUT2D eigenvalue weighted by atomic mass is 9.95. The molecule has 3 aromatic rings. The number of benzene rings is 2. The molecule has 38 heavy (non-hydrogen) atoms. The number of halogens is 2. The summed E-state index contributed by atoms with van der Waals surface area (Å²) in [4.78, 5) is 43.4. The lowest BCUT2D eigenvalue weighted by molar-refractivity contribution is -0.143. The van der Waals surface area contributed by atoms with Crippen molar-refractivity contribution in [3.05, 3.63) is 91.2 Å². The van der Waals surface area contributed by atoms with E-state index in [1.165, 1.54) is 18.4 Å². The number of rotatable bonds is 7. The first-order chi connectivity index (χ1) is 18.1. The first-order valence-corrected chi connectivity index (χ1v) is 14.6. The van der Waals surface area contributed by atoms with Gasteiger partial charge in [-0.2, -0.15) is 0 Å². The van der Waals surface area contributed by atoms with E-state index in [4.69, 9.17) is 9.47 Å². The van der Waals surface area contributed by atoms with Crippen LogP contribution < -0.4 is 19.6 Å². The number of carbonyl (C=O) groups excluding carboxylic acids is 2. The number of aromatic nitrogens is 1. The molecule has 0 saturated heterocycles. The molecule has 1 aliphatic rings. The van der Waals surface area contributed by atoms with Crippen LogP contribution >= 0.6 is 56.5 Å². The fraction of sp³-hybridized carbons (Fsp3) is 0.259. The molecule has 0 aliphatic carbocycles. The van der Waals surface area contributed by atoms with E-state index in [1.807, 2.05) is 43.3 Å². The Kier molecular flexibility index (Phi) is 9.08. The monoisotopic (exact) mass is 758 g/mol. The van der Waals surface area contributed by atoms with Gasteiger partial charge in [0.1, 0.15) is 5.75 Å². The highest BCUT2D eigenvalue weighted by Gasteiger charge is 2.33. The van der Waals surface area contributed by atoms with Gasteiger partial charge in [-0.25, -0.2) is 14.6 Å². The average molecular weight is 758 g/mol. The van der Waals surface area contributed by atoms with Crippen molar-refractivity contribution in [1.82, 2.24) is 4.57 Å². The van der Waals surface area contributed by atoms with Crippen molar-refractivity contribution in [2.24, 2.45) is 4.99 Å². The smallest absolute Gasteiger partial charge is 0.343 e. The quantitative estimate of drug-likeness (QED) is 0.269. The van der Waals surface area contributed by atoms with E-state index in [0.717, 1.165) is 23.8 Å². The summed E-state index contributed by atoms with van der Waals surface area (Å²) in [5.41, 5.74) is 3.30. The Morgan fingerprint density at radius 1 is 1.13 bits per heavy atom. The van der Waals surface area contributed by atoms with Crippen molar-refractivity contribution in [1.29, 1.82) is 0 Å². The van der Waals surface area contributed by atoms with Crippen molar-refractivity contribution < 1.29 is 23.8 Å². The van der Waals surface area contributed by atoms with Gasteiger partial charge in [-0.3, -0.25) is 9.36 Å². The number of carbonyl (C=O) groups is 2. The summed E-state index contributed by atoms with van der Waals surface area (Å²) in [7, 11) is 1.31. The number of allylic oxidation sites excluding steroid dienone is 1. The van der Waals surface area contributed by atoms with Gasteiger partial charge in [0.15, 0.2) is 11.4 Å². The minimum absolute atomic E-state index is 0.193. The Bertz CT molecular complexity index is 1600. The second-order valence-electron chi connectivity index (χ2n) is 8.39. The third-order valence-corrected chi connectivity index (χ3v) is 8.38. The van der Waals surface area contributed by atoms with E-state index in [1.54, 1.807) is 24.5 Å². The Morgan fingerprint density at radius 2 is 1.79 bits per heavy atom. The molecule has 2 heterocycles. The minimum Gasteiger partial charge on any atom is -0.480 e. The number of nitrogens with zero attached hydrogens (tertiary/aromatic N) is 2. The maximum atomic E-state index is 13.8. The zero-order chi connectivity index (χ0) is 27.6. The number of methoxy groups -OCH3 is 1. The second kappa shape index (κ2) is 12.1. The number of esters is 2. The Labute approximate surface area is 250 Å². The van der Waals surface area contributed by atoms with Crippen molar-refractivity contribution >= 4 is 74.5 Å². The zero-order valence-corrected chi connectivity index (χ0v) is 26.2. The number of hydrogen-bond acceptors (Lipinski definition) is 8. The summed E-state index contributed by atoms with van der Waals surface area (Å²) in [5.74, 6) is -0.382. The number of fused-ring (bicyclic) bond motifs is 1. The standard InChI is InChI=1S/C27H24I2N2O6S/c1-5-36-26(34)22-15(3)30-27-31(23(22)17-8-6-14(2)7-9-17)25(33)20(38-27)12-16-10-18(28)24(19(29)11-16)37-13-21(32)35-4/h6-12,23H,5,13H2,1-4H3/b20-12+/t23-/m0/s1. The van der Waals surface area contributed by atoms with E-state index in [9.17, 15) is 14.4 Å². The molecular formula is C27H24I2N2O6S. The van der Waals surface area contributed by atoms with Crippen LogP contribution in [0.3, 0.4) is 0 Å². The van der Waals surface area contributed by atoms with Gasteiger partial charge >= 0.3 is 11.9 Å². The topological polar surface area (TPSA) is 96.2 Å². The number of ether oxygens (including phenoxy) is 3. The summed E-state index contributed by atoms with van der Waals surface area (Å²) < 4.78 is 19.2. The molecular weight excluding hydrogens is 734 g/mol. The van der Waals surface area contributed by atoms with Crippen LogP contribution in [0.5, 0.6) is 5.75 Å². The van der Waals surface area contributed by atoms with Gasteiger partial charge in [-0.1, -0.05) is 41.2 Å². The van der Waals surface area contributed by atoms with E-state index in [-0.39, 0.29) is 18.8 Å². The molecule has 1 atom stereocenters. The Hall–Kier alpha value is -2.52. The third-order valence-electron chi connectivity index (χ3n) is 5.79. The van der Waals surface area contributed by atoms with E-state index >= 15 is 0 Å². The Morgan fingerprint density at radius 3 is 2.39 bits per heavy atom. The van der Waals surface area contributed by atoms with Crippen LogP contribution in [-0.4, -0.2) is 36.8 Å². The fourth-order valence-electron chi connectivity index (χ4n) is 4.00. The van der Waals surface area contributed by atoms with Crippen LogP contribution in [0.1, 0.15) is 36.6 Å². The molecule has 198 valence electrons. The predicted molar refractivity (Wildman–Crippen MR) is 161 cm³/mol. The third kappa shape index (κ3) is 5.88. The van der Waals surface area contributed by atoms with Gasteiger partial charge in [0.2, 0.25) is 0 Å². The second-order valence-corrected chi connectivity index (χ2v) is 11.7. The molecule has 8 nitrogen and oxygen atoms in total. The van der Waals surface area contributed by atoms with Crippen LogP contribution in [0.15, 0.2) is 57.5 Å². The molecule has 1 aliphatic heterocycles. The predicted octanol–water partition coefficient (Wildman–Crippen LogP) is 3.87. The summed E-state index contributed by atoms with van der Waals surface area (Å²) in [6, 6.07) is 10.9. The maximum absolute atomic E-state index is 13.8. The first-order valence-electron chi connectivity index (χ1n) is 11.6. The van der Waals surface area contributed by atoms with Gasteiger partial charge in [0, 0.05) is 0 Å². The molecule has 4 rings (SSSR count). The van der Waals surface area contributed by atoms with Crippen LogP contribution in [-0.2, 0) is 19.1 Å². The van der Waals surface area contributed by atoms with Gasteiger partial charge in [0.25, 0.3) is 5.56 Å². The largest absolute Gasteiger partial charge is 0.480 e. The highest BCUT2D eigenvalue weighted by Crippen LogP contribution is 2.31. The number of aryl methyl sites for hydroxylation is 1. The molecule has 0 saturated carbocycles. The number of hydrogen-bond donors (Lipinski definition) is 0. The highest BCUT2D eigenvalue weighted by atomic mass is 127. The van der Waals surface area contributed by atoms with Crippen LogP contribution in [0.4, 0.5) is 0 Å². The summed E-state index contributed by atoms with van der Waals surface area (Å²) >= 11 is 5.53. The van der Waals surface area contributed by atoms with Crippen LogP contribution in [0.2, 0.25) is 0 Å². The summed E-state index contributed by atoms with van der Waals surface area (Å²) in [6.45, 7) is 5.52. The van der Waals surface area contributed by atoms with Gasteiger partial charge in [-0.15, -0.1) is 0 Å². The van der Waals surface area contributed by atoms with Gasteiger partial charge < -0.3 is 14.2 Å². The molecule has 0 amide bonds. The van der Waals surface area contributed by atoms with Gasteiger partial charge in [0.05, 0.1) is 42.7 Å². The highest BCUT2D eigenvalue weighted by molar-refractivity contribution is 14.1. The molecule has 0 bridgehead atoms. The van der Waals surface area contributed by atoms with Crippen molar-refractivity contribution in [3.63, 3.8) is 0 Å². The Balaban J connectivity index is 1.83. The van der Waals surface area contributed by atoms with E-state index < -0.39 is 18.0 Å². The molecule has 0 N–H and O–H groups in total. The summed E-state index contributed by atoms with van der Waals surface area (Å²) in [5, 5.41) is 0. The van der Waals surface area contributed by atoms with E-state index in [2.05, 4.69) is 54.9 Å². The molecule has 2 aromatic carbocycles. The first kappa shape index (κ1) is 28.5. The van der Waals surface area contributed by atoms with Crippen molar-refractivity contribution in [3.8, 4) is 5.75 Å². The van der Waals surface area contributed by atoms with Crippen molar-refractivity contribution in [2.75, 3.05) is 20.3 Å². The lowest BCUT2D eigenvalue weighted by Crippen LogP contribution is -2.39.